The molecule has 0 spiro atoms. The van der Waals surface area contributed by atoms with Crippen LogP contribution in [0.5, 0.6) is 0 Å². The molecule has 1 aromatic heterocycles. The fourth-order valence-corrected chi connectivity index (χ4v) is 2.63. The molecule has 0 bridgehead atoms. The molecule has 3 rings (SSSR count). The molecule has 0 saturated heterocycles. The predicted octanol–water partition coefficient (Wildman–Crippen LogP) is 4.47. The Hall–Kier alpha value is -3.35. The second-order valence-corrected chi connectivity index (χ2v) is 5.86. The van der Waals surface area contributed by atoms with Gasteiger partial charge in [0.15, 0.2) is 11.6 Å². The van der Waals surface area contributed by atoms with E-state index in [1.165, 1.54) is 6.07 Å². The van der Waals surface area contributed by atoms with E-state index in [4.69, 9.17) is 0 Å². The third-order valence-electron chi connectivity index (χ3n) is 3.88. The molecule has 3 aromatic rings. The molecule has 1 heterocycles. The second kappa shape index (κ2) is 7.90. The van der Waals surface area contributed by atoms with E-state index < -0.39 is 11.6 Å². The van der Waals surface area contributed by atoms with Crippen LogP contribution in [-0.4, -0.2) is 22.4 Å². The number of nitrogens with zero attached hydrogens (tertiary/aromatic N) is 3. The maximum absolute atomic E-state index is 13.4. The largest absolute Gasteiger partial charge is 0.324 e. The zero-order valence-electron chi connectivity index (χ0n) is 14.9. The first-order chi connectivity index (χ1) is 13.0. The molecule has 0 aliphatic heterocycles. The molecule has 0 radical (unpaired) electrons. The summed E-state index contributed by atoms with van der Waals surface area (Å²) in [5, 5.41) is 2.81. The van der Waals surface area contributed by atoms with Crippen LogP contribution in [0.15, 0.2) is 54.6 Å². The third kappa shape index (κ3) is 4.25. The molecule has 0 aliphatic carbocycles. The molecule has 1 N–H and O–H groups in total. The number of anilines is 3. The standard InChI is InChI=1S/C20H18F2N4O/c1-3-26(15-7-5-4-6-8-15)19(27)18-11-13(2)23-20(25-18)24-14-9-10-16(21)17(22)12-14/h4-12H,3H2,1-2H3,(H,23,24,25). The first-order valence-electron chi connectivity index (χ1n) is 8.42. The lowest BCUT2D eigenvalue weighted by atomic mass is 10.2. The lowest BCUT2D eigenvalue weighted by molar-refractivity contribution is 0.0983. The van der Waals surface area contributed by atoms with Gasteiger partial charge >= 0.3 is 0 Å². The van der Waals surface area contributed by atoms with Crippen molar-refractivity contribution < 1.29 is 13.6 Å². The average Bonchev–Trinajstić information content (AvgIpc) is 2.66. The van der Waals surface area contributed by atoms with Gasteiger partial charge in [0, 0.05) is 29.7 Å². The summed E-state index contributed by atoms with van der Waals surface area (Å²) >= 11 is 0. The molecular weight excluding hydrogens is 350 g/mol. The number of aromatic nitrogens is 2. The number of aryl methyl sites for hydroxylation is 1. The van der Waals surface area contributed by atoms with E-state index in [0.717, 1.165) is 17.8 Å². The molecule has 0 unspecified atom stereocenters. The molecule has 1 amide bonds. The van der Waals surface area contributed by atoms with Gasteiger partial charge in [-0.25, -0.2) is 18.7 Å². The number of rotatable bonds is 5. The van der Waals surface area contributed by atoms with E-state index >= 15 is 0 Å². The van der Waals surface area contributed by atoms with Crippen molar-refractivity contribution in [2.75, 3.05) is 16.8 Å². The molecule has 0 fully saturated rings. The van der Waals surface area contributed by atoms with Gasteiger partial charge in [-0.05, 0) is 44.2 Å². The van der Waals surface area contributed by atoms with Gasteiger partial charge in [0.25, 0.3) is 5.91 Å². The summed E-state index contributed by atoms with van der Waals surface area (Å²) in [5.74, 6) is -2.07. The fourth-order valence-electron chi connectivity index (χ4n) is 2.63. The minimum absolute atomic E-state index is 0.133. The lowest BCUT2D eigenvalue weighted by Gasteiger charge is -2.21. The highest BCUT2D eigenvalue weighted by atomic mass is 19.2. The summed E-state index contributed by atoms with van der Waals surface area (Å²) in [7, 11) is 0. The normalized spacial score (nSPS) is 10.5. The molecule has 0 saturated carbocycles. The number of nitrogens with one attached hydrogen (secondary N) is 1. The molecular formula is C20H18F2N4O. The molecule has 7 heteroatoms. The molecule has 5 nitrogen and oxygen atoms in total. The highest BCUT2D eigenvalue weighted by Gasteiger charge is 2.19. The van der Waals surface area contributed by atoms with Crippen LogP contribution < -0.4 is 10.2 Å². The van der Waals surface area contributed by atoms with Crippen molar-refractivity contribution in [3.05, 3.63) is 77.6 Å². The number of amides is 1. The molecule has 2 aromatic carbocycles. The Morgan fingerprint density at radius 2 is 1.78 bits per heavy atom. The van der Waals surface area contributed by atoms with Crippen LogP contribution in [0.4, 0.5) is 26.1 Å². The van der Waals surface area contributed by atoms with E-state index in [2.05, 4.69) is 15.3 Å². The first-order valence-corrected chi connectivity index (χ1v) is 8.42. The van der Waals surface area contributed by atoms with E-state index in [0.29, 0.717) is 12.2 Å². The highest BCUT2D eigenvalue weighted by molar-refractivity contribution is 6.05. The summed E-state index contributed by atoms with van der Waals surface area (Å²) in [5.41, 5.74) is 1.82. The van der Waals surface area contributed by atoms with Crippen LogP contribution in [0.25, 0.3) is 0 Å². The van der Waals surface area contributed by atoms with E-state index in [1.54, 1.807) is 17.9 Å². The average molecular weight is 368 g/mol. The Kier molecular flexibility index (Phi) is 5.40. The SMILES string of the molecule is CCN(C(=O)c1cc(C)nc(Nc2ccc(F)c(F)c2)n1)c1ccccc1. The van der Waals surface area contributed by atoms with Crippen LogP contribution in [0.1, 0.15) is 23.1 Å². The summed E-state index contributed by atoms with van der Waals surface area (Å²) in [4.78, 5) is 23.0. The van der Waals surface area contributed by atoms with Crippen molar-refractivity contribution >= 4 is 23.2 Å². The van der Waals surface area contributed by atoms with Crippen molar-refractivity contribution in [2.45, 2.75) is 13.8 Å². The van der Waals surface area contributed by atoms with Gasteiger partial charge in [-0.2, -0.15) is 0 Å². The van der Waals surface area contributed by atoms with Gasteiger partial charge in [-0.15, -0.1) is 0 Å². The third-order valence-corrected chi connectivity index (χ3v) is 3.88. The molecule has 0 atom stereocenters. The smallest absolute Gasteiger partial charge is 0.277 e. The lowest BCUT2D eigenvalue weighted by Crippen LogP contribution is -2.31. The Bertz CT molecular complexity index is 963. The minimum atomic E-state index is -0.981. The highest BCUT2D eigenvalue weighted by Crippen LogP contribution is 2.19. The molecule has 0 aliphatic rings. The van der Waals surface area contributed by atoms with Crippen molar-refractivity contribution in [2.24, 2.45) is 0 Å². The summed E-state index contributed by atoms with van der Waals surface area (Å²) < 4.78 is 26.5. The van der Waals surface area contributed by atoms with Crippen LogP contribution in [0.2, 0.25) is 0 Å². The van der Waals surface area contributed by atoms with Gasteiger partial charge < -0.3 is 10.2 Å². The van der Waals surface area contributed by atoms with Crippen molar-refractivity contribution in [1.82, 2.24) is 9.97 Å². The second-order valence-electron chi connectivity index (χ2n) is 5.86. The van der Waals surface area contributed by atoms with Crippen LogP contribution in [0.3, 0.4) is 0 Å². The van der Waals surface area contributed by atoms with E-state index in [9.17, 15) is 13.6 Å². The van der Waals surface area contributed by atoms with Crippen molar-refractivity contribution in [3.8, 4) is 0 Å². The van der Waals surface area contributed by atoms with Gasteiger partial charge in [0.1, 0.15) is 5.69 Å². The van der Waals surface area contributed by atoms with Gasteiger partial charge in [0.2, 0.25) is 5.95 Å². The van der Waals surface area contributed by atoms with Crippen molar-refractivity contribution in [3.63, 3.8) is 0 Å². The Labute approximate surface area is 155 Å². The van der Waals surface area contributed by atoms with Gasteiger partial charge in [0.05, 0.1) is 0 Å². The topological polar surface area (TPSA) is 58.1 Å². The first kappa shape index (κ1) is 18.4. The van der Waals surface area contributed by atoms with Crippen LogP contribution in [-0.2, 0) is 0 Å². The fraction of sp³-hybridized carbons (Fsp3) is 0.150. The number of hydrogen-bond acceptors (Lipinski definition) is 4. The number of para-hydroxylation sites is 1. The van der Waals surface area contributed by atoms with Gasteiger partial charge in [-0.3, -0.25) is 4.79 Å². The number of benzene rings is 2. The minimum Gasteiger partial charge on any atom is -0.324 e. The van der Waals surface area contributed by atoms with Crippen molar-refractivity contribution in [1.29, 1.82) is 0 Å². The number of carbonyl (C=O) groups is 1. The maximum Gasteiger partial charge on any atom is 0.277 e. The number of hydrogen-bond donors (Lipinski definition) is 1. The Morgan fingerprint density at radius 3 is 2.44 bits per heavy atom. The Balaban J connectivity index is 1.90. The summed E-state index contributed by atoms with van der Waals surface area (Å²) in [6.45, 7) is 4.07. The predicted molar refractivity (Wildman–Crippen MR) is 100 cm³/mol. The Morgan fingerprint density at radius 1 is 1.04 bits per heavy atom. The van der Waals surface area contributed by atoms with Crippen LogP contribution >= 0.6 is 0 Å². The van der Waals surface area contributed by atoms with Gasteiger partial charge in [-0.1, -0.05) is 18.2 Å². The van der Waals surface area contributed by atoms with Crippen LogP contribution in [0, 0.1) is 18.6 Å². The zero-order chi connectivity index (χ0) is 19.4. The number of halogens is 2. The van der Waals surface area contributed by atoms with E-state index in [-0.39, 0.29) is 23.2 Å². The zero-order valence-corrected chi connectivity index (χ0v) is 14.9. The quantitative estimate of drug-likeness (QED) is 0.722. The number of carbonyl (C=O) groups excluding carboxylic acids is 1. The summed E-state index contributed by atoms with van der Waals surface area (Å²) in [6, 6.07) is 14.2. The molecule has 138 valence electrons. The monoisotopic (exact) mass is 368 g/mol. The maximum atomic E-state index is 13.4. The van der Waals surface area contributed by atoms with E-state index in [1.807, 2.05) is 37.3 Å². The summed E-state index contributed by atoms with van der Waals surface area (Å²) in [6.07, 6.45) is 0. The molecule has 27 heavy (non-hydrogen) atoms.